The highest BCUT2D eigenvalue weighted by atomic mass is 16.4. The second-order valence-corrected chi connectivity index (χ2v) is 2.19. The van der Waals surface area contributed by atoms with Crippen LogP contribution in [0.15, 0.2) is 0 Å². The van der Waals surface area contributed by atoms with E-state index in [0.29, 0.717) is 0 Å². The summed E-state index contributed by atoms with van der Waals surface area (Å²) in [4.78, 5) is 10.3. The molecule has 0 bridgehead atoms. The molecule has 0 aliphatic carbocycles. The summed E-state index contributed by atoms with van der Waals surface area (Å²) >= 11 is 0. The standard InChI is InChI=1S/C6H13NO4/c7-5(6(10)11)1-4(2-8)3-9/h4-5,8-9H,1-3,7H2,(H,10,11)/t5-/m0/s1/i2D2/t4-,5+/m1. The van der Waals surface area contributed by atoms with Crippen LogP contribution in [0.25, 0.3) is 0 Å². The molecule has 66 valence electrons. The van der Waals surface area contributed by atoms with Crippen LogP contribution in [-0.4, -0.2) is 40.5 Å². The Bertz CT molecular complexity index is 182. The Labute approximate surface area is 67.3 Å². The first-order chi connectivity index (χ1) is 5.79. The van der Waals surface area contributed by atoms with Crippen LogP contribution in [-0.2, 0) is 4.79 Å². The van der Waals surface area contributed by atoms with Crippen molar-refractivity contribution in [2.75, 3.05) is 13.2 Å². The summed E-state index contributed by atoms with van der Waals surface area (Å²) in [5, 5.41) is 25.9. The Balaban J connectivity index is 4.22. The van der Waals surface area contributed by atoms with Gasteiger partial charge in [-0.25, -0.2) is 0 Å². The summed E-state index contributed by atoms with van der Waals surface area (Å²) in [5.74, 6) is -2.47. The highest BCUT2D eigenvalue weighted by molar-refractivity contribution is 5.73. The van der Waals surface area contributed by atoms with Crippen molar-refractivity contribution in [1.29, 1.82) is 0 Å². The van der Waals surface area contributed by atoms with Crippen molar-refractivity contribution in [3.05, 3.63) is 0 Å². The third-order valence-corrected chi connectivity index (χ3v) is 1.26. The molecule has 0 aromatic rings. The number of rotatable bonds is 5. The molecule has 0 rings (SSSR count). The molecular weight excluding hydrogens is 150 g/mol. The number of aliphatic carboxylic acids is 1. The topological polar surface area (TPSA) is 104 Å². The number of hydrogen-bond donors (Lipinski definition) is 4. The molecule has 0 unspecified atom stereocenters. The van der Waals surface area contributed by atoms with Crippen LogP contribution < -0.4 is 5.73 Å². The molecular formula is C6H13NO4. The third kappa shape index (κ3) is 3.92. The largest absolute Gasteiger partial charge is 0.480 e. The molecule has 11 heavy (non-hydrogen) atoms. The number of carboxylic acid groups (broad SMARTS) is 1. The second-order valence-electron chi connectivity index (χ2n) is 2.19. The first-order valence-electron chi connectivity index (χ1n) is 4.10. The molecule has 0 aliphatic rings. The number of carboxylic acids is 1. The van der Waals surface area contributed by atoms with Gasteiger partial charge in [-0.05, 0) is 6.42 Å². The lowest BCUT2D eigenvalue weighted by atomic mass is 10.0. The zero-order valence-electron chi connectivity index (χ0n) is 7.90. The molecule has 0 radical (unpaired) electrons. The SMILES string of the molecule is [2H]C([2H])(O)[C@H](CO)C[C@H](N)C(=O)O. The molecule has 5 nitrogen and oxygen atoms in total. The highest BCUT2D eigenvalue weighted by Crippen LogP contribution is 2.03. The summed E-state index contributed by atoms with van der Waals surface area (Å²) in [5.41, 5.74) is 5.10. The van der Waals surface area contributed by atoms with Gasteiger partial charge in [0.2, 0.25) is 0 Å². The van der Waals surface area contributed by atoms with E-state index >= 15 is 0 Å². The van der Waals surface area contributed by atoms with Crippen LogP contribution in [0.5, 0.6) is 0 Å². The average molecular weight is 165 g/mol. The Morgan fingerprint density at radius 1 is 1.64 bits per heavy atom. The average Bonchev–Trinajstić information content (AvgIpc) is 1.96. The van der Waals surface area contributed by atoms with Crippen molar-refractivity contribution < 1.29 is 22.9 Å². The predicted molar refractivity (Wildman–Crippen MR) is 37.9 cm³/mol. The molecule has 5 heteroatoms. The van der Waals surface area contributed by atoms with Crippen LogP contribution in [0.2, 0.25) is 0 Å². The summed E-state index contributed by atoms with van der Waals surface area (Å²) in [7, 11) is 0. The highest BCUT2D eigenvalue weighted by Gasteiger charge is 2.17. The van der Waals surface area contributed by atoms with Crippen molar-refractivity contribution >= 4 is 5.97 Å². The first kappa shape index (κ1) is 7.02. The minimum absolute atomic E-state index is 0.310. The molecule has 0 fully saturated rings. The van der Waals surface area contributed by atoms with Gasteiger partial charge in [-0.3, -0.25) is 4.79 Å². The normalized spacial score (nSPS) is 19.9. The Kier molecular flexibility index (Phi) is 3.23. The predicted octanol–water partition coefficient (Wildman–Crippen LogP) is -1.61. The molecule has 0 aromatic carbocycles. The van der Waals surface area contributed by atoms with Gasteiger partial charge in [0.15, 0.2) is 0 Å². The van der Waals surface area contributed by atoms with E-state index in [1.165, 1.54) is 0 Å². The van der Waals surface area contributed by atoms with Gasteiger partial charge in [-0.2, -0.15) is 0 Å². The Morgan fingerprint density at radius 3 is 2.45 bits per heavy atom. The lowest BCUT2D eigenvalue weighted by Crippen LogP contribution is -2.34. The van der Waals surface area contributed by atoms with Crippen molar-refractivity contribution in [3.8, 4) is 0 Å². The van der Waals surface area contributed by atoms with Crippen LogP contribution in [0.1, 0.15) is 9.16 Å². The maximum Gasteiger partial charge on any atom is 0.320 e. The van der Waals surface area contributed by atoms with Crippen molar-refractivity contribution in [1.82, 2.24) is 0 Å². The van der Waals surface area contributed by atoms with Crippen LogP contribution in [0, 0.1) is 5.92 Å². The van der Waals surface area contributed by atoms with E-state index in [1.807, 2.05) is 0 Å². The Hall–Kier alpha value is -0.650. The van der Waals surface area contributed by atoms with E-state index in [0.717, 1.165) is 0 Å². The van der Waals surface area contributed by atoms with Gasteiger partial charge in [0.05, 0.1) is 2.74 Å². The molecule has 0 amide bonds. The number of carbonyl (C=O) groups is 1. The summed E-state index contributed by atoms with van der Waals surface area (Å²) in [6, 6.07) is -1.28. The van der Waals surface area contributed by atoms with E-state index in [-0.39, 0.29) is 6.42 Å². The third-order valence-electron chi connectivity index (χ3n) is 1.26. The van der Waals surface area contributed by atoms with Crippen LogP contribution in [0.4, 0.5) is 0 Å². The molecule has 0 aromatic heterocycles. The fourth-order valence-corrected chi connectivity index (χ4v) is 0.575. The fourth-order valence-electron chi connectivity index (χ4n) is 0.575. The monoisotopic (exact) mass is 165 g/mol. The van der Waals surface area contributed by atoms with Gasteiger partial charge in [-0.15, -0.1) is 0 Å². The maximum absolute atomic E-state index is 10.3. The molecule has 0 saturated carbocycles. The van der Waals surface area contributed by atoms with Gasteiger partial charge in [0.1, 0.15) is 6.04 Å². The molecule has 5 N–H and O–H groups in total. The van der Waals surface area contributed by atoms with Gasteiger partial charge < -0.3 is 21.1 Å². The second kappa shape index (κ2) is 5.06. The van der Waals surface area contributed by atoms with Gasteiger partial charge in [0.25, 0.3) is 0 Å². The first-order valence-corrected chi connectivity index (χ1v) is 3.10. The lowest BCUT2D eigenvalue weighted by Gasteiger charge is -2.12. The molecule has 0 heterocycles. The number of aliphatic hydroxyl groups excluding tert-OH is 1. The Morgan fingerprint density at radius 2 is 2.18 bits per heavy atom. The van der Waals surface area contributed by atoms with Gasteiger partial charge in [0, 0.05) is 19.1 Å². The lowest BCUT2D eigenvalue weighted by molar-refractivity contribution is -0.139. The van der Waals surface area contributed by atoms with Crippen molar-refractivity contribution in [3.63, 3.8) is 0 Å². The molecule has 0 aliphatic heterocycles. The maximum atomic E-state index is 10.3. The van der Waals surface area contributed by atoms with Crippen LogP contribution in [0.3, 0.4) is 0 Å². The quantitative estimate of drug-likeness (QED) is 0.392. The zero-order valence-corrected chi connectivity index (χ0v) is 5.90. The van der Waals surface area contributed by atoms with Crippen molar-refractivity contribution in [2.45, 2.75) is 12.5 Å². The smallest absolute Gasteiger partial charge is 0.320 e. The van der Waals surface area contributed by atoms with Gasteiger partial charge in [-0.1, -0.05) is 0 Å². The van der Waals surface area contributed by atoms with E-state index in [4.69, 9.17) is 23.8 Å². The minimum atomic E-state index is -2.61. The van der Waals surface area contributed by atoms with E-state index in [2.05, 4.69) is 0 Å². The molecule has 0 spiro atoms. The minimum Gasteiger partial charge on any atom is -0.480 e. The number of hydrogen-bond acceptors (Lipinski definition) is 4. The molecule has 0 saturated heterocycles. The number of nitrogens with two attached hydrogens (primary N) is 1. The van der Waals surface area contributed by atoms with E-state index < -0.39 is 31.1 Å². The summed E-state index contributed by atoms with van der Waals surface area (Å²) < 4.78 is 13.7. The van der Waals surface area contributed by atoms with Crippen LogP contribution >= 0.6 is 0 Å². The number of aliphatic hydroxyl groups is 2. The van der Waals surface area contributed by atoms with E-state index in [9.17, 15) is 4.79 Å². The van der Waals surface area contributed by atoms with Crippen molar-refractivity contribution in [2.24, 2.45) is 11.7 Å². The summed E-state index contributed by atoms with van der Waals surface area (Å²) in [6.07, 6.45) is -0.310. The fraction of sp³-hybridized carbons (Fsp3) is 0.833. The van der Waals surface area contributed by atoms with E-state index in [1.54, 1.807) is 0 Å². The summed E-state index contributed by atoms with van der Waals surface area (Å²) in [6.45, 7) is -3.26. The van der Waals surface area contributed by atoms with Gasteiger partial charge >= 0.3 is 5.97 Å². The molecule has 2 atom stereocenters. The zero-order chi connectivity index (χ0) is 10.6.